The fraction of sp³-hybridized carbons (Fsp3) is 0.160. The summed E-state index contributed by atoms with van der Waals surface area (Å²) in [7, 11) is 1.42. The molecule has 29 heavy (non-hydrogen) atoms. The van der Waals surface area contributed by atoms with Crippen LogP contribution in [0.25, 0.3) is 0 Å². The normalized spacial score (nSPS) is 15.4. The first-order valence-corrected chi connectivity index (χ1v) is 10.00. The van der Waals surface area contributed by atoms with Crippen molar-refractivity contribution in [2.75, 3.05) is 18.6 Å². The Morgan fingerprint density at radius 3 is 2.38 bits per heavy atom. The Morgan fingerprint density at radius 1 is 1.00 bits per heavy atom. The maximum Gasteiger partial charge on any atom is 0.336 e. The van der Waals surface area contributed by atoms with Crippen LogP contribution in [0.5, 0.6) is 0 Å². The zero-order valence-corrected chi connectivity index (χ0v) is 17.0. The molecule has 0 bridgehead atoms. The van der Waals surface area contributed by atoms with Gasteiger partial charge in [0, 0.05) is 29.4 Å². The Labute approximate surface area is 176 Å². The molecule has 146 valence electrons. The van der Waals surface area contributed by atoms with E-state index in [9.17, 15) is 4.79 Å². The first-order chi connectivity index (χ1) is 14.2. The van der Waals surface area contributed by atoms with Crippen LogP contribution in [0.2, 0.25) is 5.02 Å². The van der Waals surface area contributed by atoms with Gasteiger partial charge in [0.1, 0.15) is 0 Å². The van der Waals surface area contributed by atoms with Crippen LogP contribution in [0.4, 0.5) is 5.69 Å². The fourth-order valence-electron chi connectivity index (χ4n) is 3.87. The van der Waals surface area contributed by atoms with E-state index in [-0.39, 0.29) is 11.9 Å². The van der Waals surface area contributed by atoms with E-state index in [4.69, 9.17) is 16.3 Å². The van der Waals surface area contributed by atoms with E-state index < -0.39 is 0 Å². The maximum atomic E-state index is 12.7. The van der Waals surface area contributed by atoms with E-state index in [0.29, 0.717) is 10.6 Å². The number of hydrogen-bond donors (Lipinski definition) is 0. The van der Waals surface area contributed by atoms with Gasteiger partial charge < -0.3 is 9.64 Å². The van der Waals surface area contributed by atoms with E-state index in [0.717, 1.165) is 29.8 Å². The van der Waals surface area contributed by atoms with Crippen LogP contribution in [0.15, 0.2) is 90.6 Å². The number of anilines is 1. The molecule has 0 saturated carbocycles. The molecule has 3 nitrogen and oxygen atoms in total. The van der Waals surface area contributed by atoms with Crippen molar-refractivity contribution >= 4 is 23.3 Å². The number of carbonyl (C=O) groups is 1. The van der Waals surface area contributed by atoms with Crippen LogP contribution in [0.3, 0.4) is 0 Å². The molecule has 3 aromatic rings. The summed E-state index contributed by atoms with van der Waals surface area (Å²) in [6.07, 6.45) is 2.80. The molecule has 0 unspecified atom stereocenters. The third-order valence-corrected chi connectivity index (χ3v) is 5.49. The summed E-state index contributed by atoms with van der Waals surface area (Å²) in [5.41, 5.74) is 4.98. The third-order valence-electron chi connectivity index (χ3n) is 5.25. The van der Waals surface area contributed by atoms with Crippen molar-refractivity contribution in [2.24, 2.45) is 0 Å². The average molecular weight is 404 g/mol. The number of carbonyl (C=O) groups excluding carboxylic acids is 1. The lowest BCUT2D eigenvalue weighted by atomic mass is 9.82. The molecule has 1 aliphatic rings. The van der Waals surface area contributed by atoms with E-state index in [1.807, 2.05) is 72.9 Å². The van der Waals surface area contributed by atoms with E-state index >= 15 is 0 Å². The number of halogens is 1. The third kappa shape index (κ3) is 4.06. The van der Waals surface area contributed by atoms with Gasteiger partial charge in [-0.1, -0.05) is 72.3 Å². The van der Waals surface area contributed by atoms with Gasteiger partial charge in [-0.25, -0.2) is 4.79 Å². The maximum absolute atomic E-state index is 12.7. The fourth-order valence-corrected chi connectivity index (χ4v) is 4.05. The minimum absolute atomic E-state index is 0.217. The van der Waals surface area contributed by atoms with Crippen LogP contribution in [-0.4, -0.2) is 19.6 Å². The molecule has 0 saturated heterocycles. The van der Waals surface area contributed by atoms with Gasteiger partial charge in [-0.15, -0.1) is 0 Å². The van der Waals surface area contributed by atoms with E-state index in [1.54, 1.807) is 0 Å². The molecule has 0 fully saturated rings. The number of nitrogens with zero attached hydrogens (tertiary/aromatic N) is 1. The highest BCUT2D eigenvalue weighted by atomic mass is 35.5. The van der Waals surface area contributed by atoms with Crippen LogP contribution in [0, 0.1) is 0 Å². The highest BCUT2D eigenvalue weighted by Gasteiger charge is 2.33. The first kappa shape index (κ1) is 19.3. The monoisotopic (exact) mass is 403 g/mol. The molecule has 1 atom stereocenters. The number of ether oxygens (including phenoxy) is 1. The molecule has 0 radical (unpaired) electrons. The number of esters is 1. The molecule has 4 heteroatoms. The highest BCUT2D eigenvalue weighted by Crippen LogP contribution is 2.43. The van der Waals surface area contributed by atoms with Gasteiger partial charge in [0.05, 0.1) is 12.7 Å². The lowest BCUT2D eigenvalue weighted by molar-refractivity contribution is -0.136. The number of rotatable bonds is 5. The lowest BCUT2D eigenvalue weighted by Gasteiger charge is -2.34. The molecule has 0 N–H and O–H groups in total. The summed E-state index contributed by atoms with van der Waals surface area (Å²) in [6, 6.07) is 26.2. The van der Waals surface area contributed by atoms with E-state index in [2.05, 4.69) is 17.0 Å². The highest BCUT2D eigenvalue weighted by molar-refractivity contribution is 6.30. The standard InChI is InChI=1S/C25H22ClNO2/c1-29-25(28)22-17-27(15-14-18-8-4-2-5-9-18)23-13-12-20(26)16-21(23)24(22)19-10-6-3-7-11-19/h2-13,16-17,24H,14-15H2,1H3/t24-/m1/s1. The predicted octanol–water partition coefficient (Wildman–Crippen LogP) is 5.59. The van der Waals surface area contributed by atoms with E-state index in [1.165, 1.54) is 12.7 Å². The van der Waals surface area contributed by atoms with Gasteiger partial charge in [0.15, 0.2) is 0 Å². The summed E-state index contributed by atoms with van der Waals surface area (Å²) in [5, 5.41) is 0.652. The van der Waals surface area contributed by atoms with Crippen LogP contribution < -0.4 is 4.90 Å². The second-order valence-electron chi connectivity index (χ2n) is 7.05. The SMILES string of the molecule is COC(=O)C1=CN(CCc2ccccc2)c2ccc(Cl)cc2[C@H]1c1ccccc1. The summed E-state index contributed by atoms with van der Waals surface area (Å²) < 4.78 is 5.13. The van der Waals surface area contributed by atoms with Gasteiger partial charge >= 0.3 is 5.97 Å². The number of fused-ring (bicyclic) bond motifs is 1. The van der Waals surface area contributed by atoms with Crippen molar-refractivity contribution in [1.29, 1.82) is 0 Å². The number of hydrogen-bond acceptors (Lipinski definition) is 3. The van der Waals surface area contributed by atoms with Crippen molar-refractivity contribution in [3.05, 3.63) is 112 Å². The second kappa shape index (κ2) is 8.54. The Balaban J connectivity index is 1.78. The van der Waals surface area contributed by atoms with Crippen LogP contribution in [-0.2, 0) is 16.0 Å². The molecule has 1 heterocycles. The molecular formula is C25H22ClNO2. The van der Waals surface area contributed by atoms with Crippen LogP contribution in [0.1, 0.15) is 22.6 Å². The Bertz CT molecular complexity index is 1030. The molecule has 0 amide bonds. The number of benzene rings is 3. The average Bonchev–Trinajstić information content (AvgIpc) is 2.77. The predicted molar refractivity (Wildman–Crippen MR) is 117 cm³/mol. The summed E-state index contributed by atoms with van der Waals surface area (Å²) >= 11 is 6.36. The first-order valence-electron chi connectivity index (χ1n) is 9.62. The summed E-state index contributed by atoms with van der Waals surface area (Å²) in [5.74, 6) is -0.542. The van der Waals surface area contributed by atoms with Crippen molar-refractivity contribution in [3.8, 4) is 0 Å². The largest absolute Gasteiger partial charge is 0.466 e. The smallest absolute Gasteiger partial charge is 0.336 e. The van der Waals surface area contributed by atoms with Crippen molar-refractivity contribution in [1.82, 2.24) is 0 Å². The Kier molecular flexibility index (Phi) is 5.68. The Morgan fingerprint density at radius 2 is 1.69 bits per heavy atom. The molecule has 0 spiro atoms. The molecule has 4 rings (SSSR count). The van der Waals surface area contributed by atoms with Gasteiger partial charge in [-0.3, -0.25) is 0 Å². The van der Waals surface area contributed by atoms with Crippen LogP contribution >= 0.6 is 11.6 Å². The minimum atomic E-state index is -0.325. The topological polar surface area (TPSA) is 29.5 Å². The lowest BCUT2D eigenvalue weighted by Crippen LogP contribution is -2.30. The molecule has 0 aromatic heterocycles. The second-order valence-corrected chi connectivity index (χ2v) is 7.49. The molecular weight excluding hydrogens is 382 g/mol. The van der Waals surface area contributed by atoms with Gasteiger partial charge in [-0.2, -0.15) is 0 Å². The zero-order valence-electron chi connectivity index (χ0n) is 16.2. The van der Waals surface area contributed by atoms with Crippen molar-refractivity contribution < 1.29 is 9.53 Å². The zero-order chi connectivity index (χ0) is 20.2. The minimum Gasteiger partial charge on any atom is -0.466 e. The number of methoxy groups -OCH3 is 1. The van der Waals surface area contributed by atoms with Gasteiger partial charge in [0.2, 0.25) is 0 Å². The van der Waals surface area contributed by atoms with Gasteiger partial charge in [0.25, 0.3) is 0 Å². The molecule has 1 aliphatic heterocycles. The van der Waals surface area contributed by atoms with Crippen molar-refractivity contribution in [2.45, 2.75) is 12.3 Å². The van der Waals surface area contributed by atoms with Gasteiger partial charge in [-0.05, 0) is 41.3 Å². The summed E-state index contributed by atoms with van der Waals surface area (Å²) in [6.45, 7) is 0.751. The quantitative estimate of drug-likeness (QED) is 0.520. The molecule has 0 aliphatic carbocycles. The Hall–Kier alpha value is -3.04. The van der Waals surface area contributed by atoms with Crippen molar-refractivity contribution in [3.63, 3.8) is 0 Å². The summed E-state index contributed by atoms with van der Waals surface area (Å²) in [4.78, 5) is 14.8. The molecule has 3 aromatic carbocycles.